The van der Waals surface area contributed by atoms with Gasteiger partial charge in [0.15, 0.2) is 0 Å². The third-order valence-electron chi connectivity index (χ3n) is 4.54. The maximum Gasteiger partial charge on any atom is 0.242 e. The molecule has 0 aliphatic rings. The fourth-order valence-electron chi connectivity index (χ4n) is 3.00. The van der Waals surface area contributed by atoms with E-state index in [-0.39, 0.29) is 23.8 Å². The number of nitrogens with zero attached hydrogens (tertiary/aromatic N) is 1. The van der Waals surface area contributed by atoms with Crippen LogP contribution >= 0.6 is 23.2 Å². The minimum atomic E-state index is -0.619. The summed E-state index contributed by atoms with van der Waals surface area (Å²) in [4.78, 5) is 27.5. The summed E-state index contributed by atoms with van der Waals surface area (Å²) < 4.78 is 0. The molecule has 2 rings (SSSR count). The van der Waals surface area contributed by atoms with E-state index in [1.165, 1.54) is 0 Å². The van der Waals surface area contributed by atoms with Crippen LogP contribution in [0.3, 0.4) is 0 Å². The highest BCUT2D eigenvalue weighted by atomic mass is 35.5. The smallest absolute Gasteiger partial charge is 0.242 e. The van der Waals surface area contributed by atoms with E-state index in [0.717, 1.165) is 5.56 Å². The molecule has 156 valence electrons. The van der Waals surface area contributed by atoms with E-state index < -0.39 is 6.04 Å². The first kappa shape index (κ1) is 23.2. The summed E-state index contributed by atoms with van der Waals surface area (Å²) in [5, 5.41) is 3.84. The van der Waals surface area contributed by atoms with Gasteiger partial charge in [0, 0.05) is 22.1 Å². The van der Waals surface area contributed by atoms with Gasteiger partial charge < -0.3 is 10.2 Å². The molecule has 0 bridgehead atoms. The first-order valence-corrected chi connectivity index (χ1v) is 10.4. The van der Waals surface area contributed by atoms with Gasteiger partial charge in [-0.25, -0.2) is 0 Å². The lowest BCUT2D eigenvalue weighted by atomic mass is 10.1. The van der Waals surface area contributed by atoms with Crippen LogP contribution in [0.2, 0.25) is 10.0 Å². The largest absolute Gasteiger partial charge is 0.350 e. The van der Waals surface area contributed by atoms with Crippen molar-refractivity contribution in [2.24, 2.45) is 0 Å². The number of carbonyl (C=O) groups excluding carboxylic acids is 2. The van der Waals surface area contributed by atoms with Crippen LogP contribution < -0.4 is 5.32 Å². The van der Waals surface area contributed by atoms with Crippen LogP contribution in [-0.2, 0) is 22.4 Å². The van der Waals surface area contributed by atoms with Crippen molar-refractivity contribution in [3.05, 3.63) is 69.7 Å². The monoisotopic (exact) mass is 434 g/mol. The summed E-state index contributed by atoms with van der Waals surface area (Å²) in [6, 6.07) is 14.4. The molecule has 2 aromatic carbocycles. The van der Waals surface area contributed by atoms with Gasteiger partial charge in [-0.1, -0.05) is 59.6 Å². The molecular weight excluding hydrogens is 407 g/mol. The summed E-state index contributed by atoms with van der Waals surface area (Å²) in [6.07, 6.45) is 0.691. The number of hydrogen-bond acceptors (Lipinski definition) is 2. The standard InChI is InChI=1S/C23H28Cl2N2O2/c1-16(22(29)26-23(2,3)4)27(14-13-17-9-6-5-7-10-17)21(28)15-18-19(24)11-8-12-20(18)25/h5-12,16H,13-15H2,1-4H3,(H,26,29). The second-order valence-electron chi connectivity index (χ2n) is 8.11. The Labute approximate surface area is 183 Å². The average molecular weight is 435 g/mol. The van der Waals surface area contributed by atoms with Crippen molar-refractivity contribution in [3.63, 3.8) is 0 Å². The molecule has 0 aromatic heterocycles. The molecule has 0 saturated heterocycles. The minimum absolute atomic E-state index is 0.0421. The van der Waals surface area contributed by atoms with Crippen molar-refractivity contribution >= 4 is 35.0 Å². The van der Waals surface area contributed by atoms with E-state index in [0.29, 0.717) is 28.6 Å². The number of halogens is 2. The predicted octanol–water partition coefficient (Wildman–Crippen LogP) is 4.91. The van der Waals surface area contributed by atoms with Gasteiger partial charge in [-0.2, -0.15) is 0 Å². The first-order chi connectivity index (χ1) is 13.6. The molecule has 2 aromatic rings. The van der Waals surface area contributed by atoms with E-state index in [1.54, 1.807) is 30.0 Å². The lowest BCUT2D eigenvalue weighted by molar-refractivity contribution is -0.140. The molecule has 0 heterocycles. The van der Waals surface area contributed by atoms with E-state index in [4.69, 9.17) is 23.2 Å². The lowest BCUT2D eigenvalue weighted by Gasteiger charge is -2.31. The SMILES string of the molecule is CC(C(=O)NC(C)(C)C)N(CCc1ccccc1)C(=O)Cc1c(Cl)cccc1Cl. The van der Waals surface area contributed by atoms with Gasteiger partial charge in [-0.3, -0.25) is 9.59 Å². The number of carbonyl (C=O) groups is 2. The quantitative estimate of drug-likeness (QED) is 0.672. The van der Waals surface area contributed by atoms with Crippen molar-refractivity contribution in [1.82, 2.24) is 10.2 Å². The van der Waals surface area contributed by atoms with Gasteiger partial charge in [-0.05, 0) is 57.4 Å². The fraction of sp³-hybridized carbons (Fsp3) is 0.391. The summed E-state index contributed by atoms with van der Waals surface area (Å²) in [5.74, 6) is -0.378. The second-order valence-corrected chi connectivity index (χ2v) is 8.93. The number of benzene rings is 2. The molecule has 1 unspecified atom stereocenters. The normalized spacial score (nSPS) is 12.3. The first-order valence-electron chi connectivity index (χ1n) is 9.67. The third kappa shape index (κ3) is 7.06. The molecule has 0 radical (unpaired) electrons. The number of rotatable bonds is 7. The predicted molar refractivity (Wildman–Crippen MR) is 119 cm³/mol. The van der Waals surface area contributed by atoms with Crippen LogP contribution in [0.1, 0.15) is 38.8 Å². The van der Waals surface area contributed by atoms with Crippen LogP contribution in [0.15, 0.2) is 48.5 Å². The fourth-order valence-corrected chi connectivity index (χ4v) is 3.53. The molecule has 2 amide bonds. The highest BCUT2D eigenvalue weighted by Gasteiger charge is 2.28. The Morgan fingerprint density at radius 2 is 1.59 bits per heavy atom. The summed E-state index contributed by atoms with van der Waals surface area (Å²) >= 11 is 12.5. The Morgan fingerprint density at radius 3 is 2.14 bits per heavy atom. The topological polar surface area (TPSA) is 49.4 Å². The van der Waals surface area contributed by atoms with Crippen LogP contribution in [-0.4, -0.2) is 34.8 Å². The summed E-state index contributed by atoms with van der Waals surface area (Å²) in [6.45, 7) is 7.91. The Kier molecular flexibility index (Phi) is 8.12. The van der Waals surface area contributed by atoms with Gasteiger partial charge in [0.2, 0.25) is 11.8 Å². The van der Waals surface area contributed by atoms with Crippen LogP contribution in [0.25, 0.3) is 0 Å². The highest BCUT2D eigenvalue weighted by molar-refractivity contribution is 6.36. The maximum absolute atomic E-state index is 13.2. The number of amides is 2. The lowest BCUT2D eigenvalue weighted by Crippen LogP contribution is -2.53. The van der Waals surface area contributed by atoms with Crippen molar-refractivity contribution in [1.29, 1.82) is 0 Å². The Bertz CT molecular complexity index is 827. The van der Waals surface area contributed by atoms with Crippen molar-refractivity contribution in [2.75, 3.05) is 6.54 Å². The van der Waals surface area contributed by atoms with Gasteiger partial charge in [0.05, 0.1) is 6.42 Å². The van der Waals surface area contributed by atoms with Crippen LogP contribution in [0, 0.1) is 0 Å². The Balaban J connectivity index is 2.22. The van der Waals surface area contributed by atoms with Crippen molar-refractivity contribution < 1.29 is 9.59 Å². The van der Waals surface area contributed by atoms with E-state index in [9.17, 15) is 9.59 Å². The zero-order valence-corrected chi connectivity index (χ0v) is 18.8. The van der Waals surface area contributed by atoms with Crippen LogP contribution in [0.4, 0.5) is 0 Å². The molecule has 29 heavy (non-hydrogen) atoms. The molecule has 1 atom stereocenters. The maximum atomic E-state index is 13.2. The van der Waals surface area contributed by atoms with Crippen molar-refractivity contribution in [3.8, 4) is 0 Å². The van der Waals surface area contributed by atoms with Crippen molar-refractivity contribution in [2.45, 2.75) is 52.1 Å². The molecular formula is C23H28Cl2N2O2. The van der Waals surface area contributed by atoms with E-state index >= 15 is 0 Å². The summed E-state index contributed by atoms with van der Waals surface area (Å²) in [7, 11) is 0. The average Bonchev–Trinajstić information content (AvgIpc) is 2.64. The van der Waals surface area contributed by atoms with E-state index in [1.807, 2.05) is 51.1 Å². The molecule has 0 aliphatic carbocycles. The third-order valence-corrected chi connectivity index (χ3v) is 5.25. The molecule has 1 N–H and O–H groups in total. The molecule has 0 fully saturated rings. The summed E-state index contributed by atoms with van der Waals surface area (Å²) in [5.41, 5.74) is 1.30. The van der Waals surface area contributed by atoms with Gasteiger partial charge >= 0.3 is 0 Å². The zero-order chi connectivity index (χ0) is 21.6. The van der Waals surface area contributed by atoms with Gasteiger partial charge in [-0.15, -0.1) is 0 Å². The zero-order valence-electron chi connectivity index (χ0n) is 17.3. The molecule has 0 saturated carbocycles. The number of hydrogen-bond donors (Lipinski definition) is 1. The molecule has 0 spiro atoms. The Morgan fingerprint density at radius 1 is 1.00 bits per heavy atom. The molecule has 0 aliphatic heterocycles. The minimum Gasteiger partial charge on any atom is -0.350 e. The van der Waals surface area contributed by atoms with Crippen LogP contribution in [0.5, 0.6) is 0 Å². The molecule has 6 heteroatoms. The van der Waals surface area contributed by atoms with E-state index in [2.05, 4.69) is 5.32 Å². The highest BCUT2D eigenvalue weighted by Crippen LogP contribution is 2.25. The van der Waals surface area contributed by atoms with Gasteiger partial charge in [0.1, 0.15) is 6.04 Å². The molecule has 4 nitrogen and oxygen atoms in total. The number of nitrogens with one attached hydrogen (secondary N) is 1. The van der Waals surface area contributed by atoms with Gasteiger partial charge in [0.25, 0.3) is 0 Å². The Hall–Kier alpha value is -2.04. The second kappa shape index (κ2) is 10.1.